The molecule has 0 N–H and O–H groups in total. The van der Waals surface area contributed by atoms with Gasteiger partial charge in [-0.3, -0.25) is 9.58 Å². The zero-order valence-electron chi connectivity index (χ0n) is 10.1. The van der Waals surface area contributed by atoms with E-state index < -0.39 is 0 Å². The van der Waals surface area contributed by atoms with E-state index in [1.807, 2.05) is 17.9 Å². The lowest BCUT2D eigenvalue weighted by atomic mass is 10.1. The molecule has 3 nitrogen and oxygen atoms in total. The summed E-state index contributed by atoms with van der Waals surface area (Å²) in [5.41, 5.74) is 1.33. The molecular weight excluding hydrogens is 266 g/mol. The molecule has 0 amide bonds. The molecule has 2 unspecified atom stereocenters. The van der Waals surface area contributed by atoms with Crippen molar-refractivity contribution in [2.24, 2.45) is 13.0 Å². The summed E-state index contributed by atoms with van der Waals surface area (Å²) in [4.78, 5) is 2.60. The molecule has 0 spiro atoms. The largest absolute Gasteiger partial charge is 0.299 e. The molecule has 0 bridgehead atoms. The third-order valence-electron chi connectivity index (χ3n) is 3.73. The van der Waals surface area contributed by atoms with Gasteiger partial charge in [-0.2, -0.15) is 5.10 Å². The van der Waals surface area contributed by atoms with Crippen LogP contribution in [0.25, 0.3) is 0 Å². The Balaban J connectivity index is 1.89. The minimum atomic E-state index is 0.716. The maximum Gasteiger partial charge on any atom is 0.0492 e. The molecule has 1 fully saturated rings. The number of halogens is 1. The van der Waals surface area contributed by atoms with Crippen molar-refractivity contribution in [2.45, 2.75) is 25.8 Å². The second-order valence-electron chi connectivity index (χ2n) is 4.72. The van der Waals surface area contributed by atoms with Crippen LogP contribution in [0.5, 0.6) is 0 Å². The molecule has 0 radical (unpaired) electrons. The van der Waals surface area contributed by atoms with Crippen molar-refractivity contribution in [3.05, 3.63) is 18.0 Å². The zero-order chi connectivity index (χ0) is 11.5. The highest BCUT2D eigenvalue weighted by Crippen LogP contribution is 2.25. The molecule has 0 aromatic carbocycles. The third kappa shape index (κ3) is 2.48. The van der Waals surface area contributed by atoms with Gasteiger partial charge in [-0.1, -0.05) is 22.9 Å². The fourth-order valence-electron chi connectivity index (χ4n) is 2.52. The van der Waals surface area contributed by atoms with E-state index in [1.54, 1.807) is 0 Å². The smallest absolute Gasteiger partial charge is 0.0492 e. The van der Waals surface area contributed by atoms with Crippen molar-refractivity contribution in [3.8, 4) is 0 Å². The highest BCUT2D eigenvalue weighted by molar-refractivity contribution is 9.09. The van der Waals surface area contributed by atoms with Gasteiger partial charge in [0.2, 0.25) is 0 Å². The van der Waals surface area contributed by atoms with Gasteiger partial charge in [-0.15, -0.1) is 0 Å². The lowest BCUT2D eigenvalue weighted by molar-refractivity contribution is 0.254. The first-order valence-electron chi connectivity index (χ1n) is 5.99. The Hall–Kier alpha value is -0.350. The first-order chi connectivity index (χ1) is 7.72. The second kappa shape index (κ2) is 5.32. The fourth-order valence-corrected chi connectivity index (χ4v) is 3.57. The Morgan fingerprint density at radius 2 is 2.38 bits per heavy atom. The molecule has 90 valence electrons. The second-order valence-corrected chi connectivity index (χ2v) is 5.37. The molecule has 1 aliphatic heterocycles. The van der Waals surface area contributed by atoms with Crippen LogP contribution < -0.4 is 0 Å². The monoisotopic (exact) mass is 285 g/mol. The van der Waals surface area contributed by atoms with Crippen molar-refractivity contribution >= 4 is 15.9 Å². The molecule has 2 heterocycles. The van der Waals surface area contributed by atoms with Crippen molar-refractivity contribution < 1.29 is 0 Å². The highest BCUT2D eigenvalue weighted by atomic mass is 79.9. The van der Waals surface area contributed by atoms with Crippen LogP contribution in [0.3, 0.4) is 0 Å². The van der Waals surface area contributed by atoms with Crippen LogP contribution in [0.4, 0.5) is 0 Å². The van der Waals surface area contributed by atoms with Gasteiger partial charge in [0.05, 0.1) is 0 Å². The van der Waals surface area contributed by atoms with Crippen LogP contribution >= 0.6 is 15.9 Å². The van der Waals surface area contributed by atoms with Gasteiger partial charge in [-0.25, -0.2) is 0 Å². The summed E-state index contributed by atoms with van der Waals surface area (Å²) < 4.78 is 1.97. The Morgan fingerprint density at radius 1 is 1.56 bits per heavy atom. The Labute approximate surface area is 106 Å². The minimum absolute atomic E-state index is 0.716. The maximum absolute atomic E-state index is 4.20. The summed E-state index contributed by atoms with van der Waals surface area (Å²) in [7, 11) is 2.02. The predicted octanol–water partition coefficient (Wildman–Crippen LogP) is 2.07. The molecule has 1 saturated heterocycles. The molecule has 0 saturated carbocycles. The van der Waals surface area contributed by atoms with Crippen LogP contribution in [0, 0.1) is 5.92 Å². The van der Waals surface area contributed by atoms with E-state index in [1.165, 1.54) is 18.7 Å². The summed E-state index contributed by atoms with van der Waals surface area (Å²) in [6, 6.07) is 2.83. The first kappa shape index (κ1) is 12.1. The zero-order valence-corrected chi connectivity index (χ0v) is 11.7. The quantitative estimate of drug-likeness (QED) is 0.790. The van der Waals surface area contributed by atoms with Crippen LogP contribution in [0.1, 0.15) is 19.0 Å². The molecular formula is C12H20BrN3. The average Bonchev–Trinajstić information content (AvgIpc) is 2.82. The molecule has 2 atom stereocenters. The SMILES string of the molecule is CC1CCN(CCc2ccnn2C)C1CBr. The molecule has 2 rings (SSSR count). The van der Waals surface area contributed by atoms with E-state index in [2.05, 4.69) is 38.9 Å². The van der Waals surface area contributed by atoms with Crippen LogP contribution in [0.2, 0.25) is 0 Å². The number of nitrogens with zero attached hydrogens (tertiary/aromatic N) is 3. The summed E-state index contributed by atoms with van der Waals surface area (Å²) in [5, 5.41) is 5.30. The molecule has 1 aliphatic rings. The summed E-state index contributed by atoms with van der Waals surface area (Å²) in [6.45, 7) is 4.76. The van der Waals surface area contributed by atoms with E-state index in [-0.39, 0.29) is 0 Å². The van der Waals surface area contributed by atoms with Crippen LogP contribution in [0.15, 0.2) is 12.3 Å². The van der Waals surface area contributed by atoms with Crippen molar-refractivity contribution in [1.29, 1.82) is 0 Å². The average molecular weight is 286 g/mol. The summed E-state index contributed by atoms with van der Waals surface area (Å²) >= 11 is 3.63. The molecule has 1 aromatic rings. The molecule has 16 heavy (non-hydrogen) atoms. The van der Waals surface area contributed by atoms with Gasteiger partial charge in [0.15, 0.2) is 0 Å². The number of aromatic nitrogens is 2. The molecule has 4 heteroatoms. The van der Waals surface area contributed by atoms with Crippen LogP contribution in [-0.4, -0.2) is 39.1 Å². The number of alkyl halides is 1. The Bertz CT molecular complexity index is 337. The Kier molecular flexibility index (Phi) is 4.03. The fraction of sp³-hybridized carbons (Fsp3) is 0.750. The van der Waals surface area contributed by atoms with Gasteiger partial charge in [0, 0.05) is 43.3 Å². The van der Waals surface area contributed by atoms with Gasteiger partial charge < -0.3 is 0 Å². The van der Waals surface area contributed by atoms with Crippen LogP contribution in [-0.2, 0) is 13.5 Å². The van der Waals surface area contributed by atoms with Gasteiger partial charge in [-0.05, 0) is 24.9 Å². The molecule has 1 aromatic heterocycles. The lowest BCUT2D eigenvalue weighted by Crippen LogP contribution is -2.35. The van der Waals surface area contributed by atoms with E-state index in [4.69, 9.17) is 0 Å². The van der Waals surface area contributed by atoms with Crippen molar-refractivity contribution in [3.63, 3.8) is 0 Å². The van der Waals surface area contributed by atoms with E-state index in [0.717, 1.165) is 24.2 Å². The predicted molar refractivity (Wildman–Crippen MR) is 69.8 cm³/mol. The normalized spacial score (nSPS) is 26.4. The van der Waals surface area contributed by atoms with Gasteiger partial charge in [0.1, 0.15) is 0 Å². The lowest BCUT2D eigenvalue weighted by Gasteiger charge is -2.24. The number of hydrogen-bond donors (Lipinski definition) is 0. The standard InChI is InChI=1S/C12H20BrN3/c1-10-4-7-16(12(10)9-13)8-5-11-3-6-14-15(11)2/h3,6,10,12H,4-5,7-9H2,1-2H3. The number of likely N-dealkylation sites (tertiary alicyclic amines) is 1. The maximum atomic E-state index is 4.20. The van der Waals surface area contributed by atoms with Crippen molar-refractivity contribution in [2.75, 3.05) is 18.4 Å². The highest BCUT2D eigenvalue weighted by Gasteiger charge is 2.29. The van der Waals surface area contributed by atoms with E-state index >= 15 is 0 Å². The van der Waals surface area contributed by atoms with E-state index in [9.17, 15) is 0 Å². The minimum Gasteiger partial charge on any atom is -0.299 e. The van der Waals surface area contributed by atoms with Crippen molar-refractivity contribution in [1.82, 2.24) is 14.7 Å². The number of hydrogen-bond acceptors (Lipinski definition) is 2. The van der Waals surface area contributed by atoms with Gasteiger partial charge in [0.25, 0.3) is 0 Å². The summed E-state index contributed by atoms with van der Waals surface area (Å²) in [6.07, 6.45) is 4.32. The Morgan fingerprint density at radius 3 is 3.00 bits per heavy atom. The number of aryl methyl sites for hydroxylation is 1. The number of rotatable bonds is 4. The summed E-state index contributed by atoms with van der Waals surface area (Å²) in [5.74, 6) is 0.825. The molecule has 0 aliphatic carbocycles. The third-order valence-corrected chi connectivity index (χ3v) is 4.40. The van der Waals surface area contributed by atoms with E-state index in [0.29, 0.717) is 6.04 Å². The first-order valence-corrected chi connectivity index (χ1v) is 7.11. The van der Waals surface area contributed by atoms with Gasteiger partial charge >= 0.3 is 0 Å². The topological polar surface area (TPSA) is 21.1 Å².